The molecule has 6 rings (SSSR count). The monoisotopic (exact) mass is 573 g/mol. The molecule has 2 heterocycles. The number of hydrogen-bond donors (Lipinski definition) is 2. The fraction of sp³-hybridized carbons (Fsp3) is 0.194. The highest BCUT2D eigenvalue weighted by Crippen LogP contribution is 2.35. The first-order valence-electron chi connectivity index (χ1n) is 13.1. The van der Waals surface area contributed by atoms with Gasteiger partial charge < -0.3 is 15.8 Å². The van der Waals surface area contributed by atoms with E-state index in [4.69, 9.17) is 10.5 Å². The van der Waals surface area contributed by atoms with Crippen LogP contribution in [-0.2, 0) is 4.74 Å². The van der Waals surface area contributed by atoms with Gasteiger partial charge in [0.25, 0.3) is 11.8 Å². The molecule has 0 radical (unpaired) electrons. The lowest BCUT2D eigenvalue weighted by Crippen LogP contribution is -2.41. The van der Waals surface area contributed by atoms with Crippen LogP contribution in [0.1, 0.15) is 20.7 Å². The van der Waals surface area contributed by atoms with Gasteiger partial charge >= 0.3 is 0 Å². The average Bonchev–Trinajstić information content (AvgIpc) is 3.31. The molecule has 5 aromatic rings. The van der Waals surface area contributed by atoms with E-state index >= 15 is 0 Å². The SMILES string of the molecule is Cc1cc(NC(=O)c2cccc3cc(-c4cccc5c4c(N)nn5C(=O)CN4CCOCC4)ccc23)ccc1F.Cl. The van der Waals surface area contributed by atoms with E-state index in [-0.39, 0.29) is 42.4 Å². The van der Waals surface area contributed by atoms with Crippen molar-refractivity contribution in [2.75, 3.05) is 43.9 Å². The summed E-state index contributed by atoms with van der Waals surface area (Å²) >= 11 is 0. The molecule has 1 saturated heterocycles. The number of carbonyl (C=O) groups is 2. The average molecular weight is 574 g/mol. The van der Waals surface area contributed by atoms with Crippen molar-refractivity contribution < 1.29 is 18.7 Å². The second-order valence-corrected chi connectivity index (χ2v) is 9.94. The number of amides is 1. The van der Waals surface area contributed by atoms with Crippen molar-refractivity contribution in [3.8, 4) is 11.1 Å². The first-order chi connectivity index (χ1) is 19.4. The Morgan fingerprint density at radius 3 is 2.59 bits per heavy atom. The van der Waals surface area contributed by atoms with E-state index in [9.17, 15) is 14.0 Å². The summed E-state index contributed by atoms with van der Waals surface area (Å²) in [6, 6.07) is 21.5. The van der Waals surface area contributed by atoms with Gasteiger partial charge in [-0.2, -0.15) is 4.68 Å². The molecule has 3 N–H and O–H groups in total. The highest BCUT2D eigenvalue weighted by molar-refractivity contribution is 6.14. The van der Waals surface area contributed by atoms with E-state index in [2.05, 4.69) is 10.4 Å². The number of morpholine rings is 1. The largest absolute Gasteiger partial charge is 0.382 e. The topological polar surface area (TPSA) is 102 Å². The summed E-state index contributed by atoms with van der Waals surface area (Å²) in [5, 5.41) is 9.62. The van der Waals surface area contributed by atoms with Crippen molar-refractivity contribution >= 4 is 57.4 Å². The van der Waals surface area contributed by atoms with Gasteiger partial charge in [-0.1, -0.05) is 36.4 Å². The predicted molar refractivity (Wildman–Crippen MR) is 161 cm³/mol. The van der Waals surface area contributed by atoms with Crippen LogP contribution in [0, 0.1) is 12.7 Å². The van der Waals surface area contributed by atoms with Crippen LogP contribution in [0.15, 0.2) is 72.8 Å². The Kier molecular flexibility index (Phi) is 8.03. The molecule has 0 atom stereocenters. The summed E-state index contributed by atoms with van der Waals surface area (Å²) in [4.78, 5) is 28.3. The number of halogens is 2. The zero-order chi connectivity index (χ0) is 27.8. The highest BCUT2D eigenvalue weighted by atomic mass is 35.5. The minimum atomic E-state index is -0.321. The van der Waals surface area contributed by atoms with Crippen LogP contribution in [0.3, 0.4) is 0 Å². The molecular formula is C31H29ClFN5O3. The molecule has 1 fully saturated rings. The van der Waals surface area contributed by atoms with Crippen molar-refractivity contribution in [2.24, 2.45) is 0 Å². The van der Waals surface area contributed by atoms with Gasteiger partial charge in [-0.25, -0.2) is 4.39 Å². The number of ether oxygens (including phenoxy) is 1. The van der Waals surface area contributed by atoms with Crippen LogP contribution < -0.4 is 11.1 Å². The Morgan fingerprint density at radius 2 is 1.80 bits per heavy atom. The first kappa shape index (κ1) is 28.2. The van der Waals surface area contributed by atoms with Gasteiger partial charge in [-0.3, -0.25) is 14.5 Å². The van der Waals surface area contributed by atoms with Gasteiger partial charge in [0.2, 0.25) is 0 Å². The van der Waals surface area contributed by atoms with E-state index < -0.39 is 0 Å². The zero-order valence-corrected chi connectivity index (χ0v) is 23.2. The second-order valence-electron chi connectivity index (χ2n) is 9.94. The zero-order valence-electron chi connectivity index (χ0n) is 22.4. The number of anilines is 2. The fourth-order valence-electron chi connectivity index (χ4n) is 5.22. The third kappa shape index (κ3) is 5.52. The van der Waals surface area contributed by atoms with Crippen molar-refractivity contribution in [2.45, 2.75) is 6.92 Å². The molecule has 0 aliphatic carbocycles. The fourth-order valence-corrected chi connectivity index (χ4v) is 5.22. The minimum Gasteiger partial charge on any atom is -0.382 e. The van der Waals surface area contributed by atoms with Crippen molar-refractivity contribution in [1.82, 2.24) is 14.7 Å². The maximum atomic E-state index is 13.7. The number of aryl methyl sites for hydroxylation is 1. The second kappa shape index (κ2) is 11.7. The molecule has 0 spiro atoms. The van der Waals surface area contributed by atoms with E-state index in [1.165, 1.54) is 10.7 Å². The Labute approximate surface area is 242 Å². The maximum Gasteiger partial charge on any atom is 0.261 e. The van der Waals surface area contributed by atoms with E-state index in [0.717, 1.165) is 21.9 Å². The summed E-state index contributed by atoms with van der Waals surface area (Å²) in [5.41, 5.74) is 10.2. The summed E-state index contributed by atoms with van der Waals surface area (Å²) in [6.45, 7) is 4.51. The van der Waals surface area contributed by atoms with Gasteiger partial charge in [0.1, 0.15) is 5.82 Å². The molecule has 41 heavy (non-hydrogen) atoms. The number of aromatic nitrogens is 2. The number of nitrogens with zero attached hydrogens (tertiary/aromatic N) is 3. The van der Waals surface area contributed by atoms with Gasteiger partial charge in [0.15, 0.2) is 5.82 Å². The lowest BCUT2D eigenvalue weighted by Gasteiger charge is -2.25. The molecule has 0 unspecified atom stereocenters. The molecule has 210 valence electrons. The standard InChI is InChI=1S/C31H28FN5O3.ClH/c1-19-16-22(9-11-26(19)32)34-31(39)25-6-2-4-20-17-21(8-10-23(20)25)24-5-3-7-27-29(24)30(33)35-37(27)28(38)18-36-12-14-40-15-13-36;/h2-11,16-17H,12-15,18H2,1H3,(H2,33,35)(H,34,39);1H. The third-order valence-corrected chi connectivity index (χ3v) is 7.29. The molecular weight excluding hydrogens is 545 g/mol. The Hall–Kier alpha value is -4.31. The summed E-state index contributed by atoms with van der Waals surface area (Å²) in [6.07, 6.45) is 0. The lowest BCUT2D eigenvalue weighted by molar-refractivity contribution is 0.0346. The summed E-state index contributed by atoms with van der Waals surface area (Å²) < 4.78 is 20.4. The van der Waals surface area contributed by atoms with Crippen LogP contribution in [0.5, 0.6) is 0 Å². The van der Waals surface area contributed by atoms with Gasteiger partial charge in [0.05, 0.1) is 30.7 Å². The van der Waals surface area contributed by atoms with Crippen LogP contribution >= 0.6 is 12.4 Å². The molecule has 1 amide bonds. The summed E-state index contributed by atoms with van der Waals surface area (Å²) in [5.74, 6) is -0.468. The lowest BCUT2D eigenvalue weighted by atomic mass is 9.96. The van der Waals surface area contributed by atoms with E-state index in [1.54, 1.807) is 25.1 Å². The molecule has 1 aromatic heterocycles. The molecule has 8 nitrogen and oxygen atoms in total. The van der Waals surface area contributed by atoms with Gasteiger partial charge in [-0.15, -0.1) is 17.5 Å². The number of fused-ring (bicyclic) bond motifs is 2. The molecule has 10 heteroatoms. The smallest absolute Gasteiger partial charge is 0.261 e. The van der Waals surface area contributed by atoms with Crippen LogP contribution in [-0.4, -0.2) is 59.3 Å². The van der Waals surface area contributed by atoms with E-state index in [1.807, 2.05) is 53.4 Å². The first-order valence-corrected chi connectivity index (χ1v) is 13.1. The van der Waals surface area contributed by atoms with Crippen molar-refractivity contribution in [3.05, 3.63) is 89.7 Å². The minimum absolute atomic E-state index is 0. The number of benzene rings is 4. The predicted octanol–water partition coefficient (Wildman–Crippen LogP) is 5.53. The van der Waals surface area contributed by atoms with Crippen molar-refractivity contribution in [3.63, 3.8) is 0 Å². The highest BCUT2D eigenvalue weighted by Gasteiger charge is 2.21. The molecule has 0 bridgehead atoms. The van der Waals surface area contributed by atoms with Crippen LogP contribution in [0.4, 0.5) is 15.9 Å². The van der Waals surface area contributed by atoms with Crippen molar-refractivity contribution in [1.29, 1.82) is 0 Å². The number of nitrogens with one attached hydrogen (secondary N) is 1. The Bertz CT molecular complexity index is 1780. The van der Waals surface area contributed by atoms with E-state index in [0.29, 0.717) is 54.0 Å². The quantitative estimate of drug-likeness (QED) is 0.286. The molecule has 1 aliphatic rings. The summed E-state index contributed by atoms with van der Waals surface area (Å²) in [7, 11) is 0. The van der Waals surface area contributed by atoms with Crippen LogP contribution in [0.2, 0.25) is 0 Å². The van der Waals surface area contributed by atoms with Gasteiger partial charge in [-0.05, 0) is 70.8 Å². The third-order valence-electron chi connectivity index (χ3n) is 7.29. The number of carbonyl (C=O) groups excluding carboxylic acids is 2. The maximum absolute atomic E-state index is 13.7. The molecule has 0 saturated carbocycles. The van der Waals surface area contributed by atoms with Gasteiger partial charge in [0, 0.05) is 24.3 Å². The number of nitrogen functional groups attached to an aromatic ring is 1. The number of hydrogen-bond acceptors (Lipinski definition) is 6. The number of nitrogens with two attached hydrogens (primary N) is 1. The molecule has 1 aliphatic heterocycles. The number of rotatable bonds is 5. The molecule has 4 aromatic carbocycles. The Balaban J connectivity index is 0.00000337. The van der Waals surface area contributed by atoms with Crippen LogP contribution in [0.25, 0.3) is 32.8 Å². The normalized spacial score (nSPS) is 13.7. The Morgan fingerprint density at radius 1 is 1.02 bits per heavy atom.